The highest BCUT2D eigenvalue weighted by Gasteiger charge is 2.07. The van der Waals surface area contributed by atoms with E-state index >= 15 is 0 Å². The van der Waals surface area contributed by atoms with Crippen molar-refractivity contribution in [2.45, 2.75) is 13.2 Å². The molecule has 2 N–H and O–H groups in total. The van der Waals surface area contributed by atoms with Crippen LogP contribution in [0.1, 0.15) is 5.56 Å². The first kappa shape index (κ1) is 15.2. The smallest absolute Gasteiger partial charge is 0.326 e. The summed E-state index contributed by atoms with van der Waals surface area (Å²) in [5, 5.41) is 0. The van der Waals surface area contributed by atoms with Gasteiger partial charge in [-0.15, -0.1) is 0 Å². The number of hydrogen-bond donors (Lipinski definition) is 1. The quantitative estimate of drug-likeness (QED) is 0.853. The first-order valence-electron chi connectivity index (χ1n) is 6.00. The molecule has 0 saturated heterocycles. The van der Waals surface area contributed by atoms with Crippen molar-refractivity contribution in [3.63, 3.8) is 0 Å². The summed E-state index contributed by atoms with van der Waals surface area (Å²) in [6.07, 6.45) is 1.36. The van der Waals surface area contributed by atoms with Crippen molar-refractivity contribution < 1.29 is 13.9 Å². The van der Waals surface area contributed by atoms with E-state index in [4.69, 9.17) is 10.5 Å². The molecule has 110 valence electrons. The van der Waals surface area contributed by atoms with Gasteiger partial charge in [0.05, 0.1) is 0 Å². The predicted octanol–water partition coefficient (Wildman–Crippen LogP) is 2.08. The van der Waals surface area contributed by atoms with Crippen molar-refractivity contribution >= 4 is 27.6 Å². The van der Waals surface area contributed by atoms with Gasteiger partial charge in [-0.25, -0.2) is 4.39 Å². The van der Waals surface area contributed by atoms with Crippen molar-refractivity contribution in [2.24, 2.45) is 0 Å². The van der Waals surface area contributed by atoms with Crippen molar-refractivity contribution in [3.05, 3.63) is 62.7 Å². The van der Waals surface area contributed by atoms with Crippen LogP contribution in [-0.2, 0) is 22.7 Å². The number of anilines is 1. The summed E-state index contributed by atoms with van der Waals surface area (Å²) in [5.41, 5.74) is 6.07. The van der Waals surface area contributed by atoms with E-state index in [9.17, 15) is 14.0 Å². The molecule has 0 radical (unpaired) electrons. The maximum Gasteiger partial charge on any atom is 0.326 e. The van der Waals surface area contributed by atoms with Crippen LogP contribution in [0.4, 0.5) is 10.1 Å². The number of nitrogens with zero attached hydrogens (tertiary/aromatic N) is 1. The highest BCUT2D eigenvalue weighted by atomic mass is 79.9. The minimum Gasteiger partial charge on any atom is -0.459 e. The molecule has 1 aromatic heterocycles. The van der Waals surface area contributed by atoms with Crippen LogP contribution in [0.3, 0.4) is 0 Å². The molecule has 0 aliphatic heterocycles. The molecular weight excluding hydrogens is 343 g/mol. The van der Waals surface area contributed by atoms with Crippen LogP contribution in [0.5, 0.6) is 0 Å². The van der Waals surface area contributed by atoms with Gasteiger partial charge in [-0.05, 0) is 29.8 Å². The number of halogens is 2. The summed E-state index contributed by atoms with van der Waals surface area (Å²) in [7, 11) is 0. The van der Waals surface area contributed by atoms with Crippen molar-refractivity contribution in [1.29, 1.82) is 0 Å². The van der Waals surface area contributed by atoms with Crippen LogP contribution >= 0.6 is 15.9 Å². The molecular formula is C14H12BrFN2O3. The van der Waals surface area contributed by atoms with Gasteiger partial charge >= 0.3 is 5.97 Å². The third-order valence-corrected chi connectivity index (χ3v) is 3.09. The van der Waals surface area contributed by atoms with Crippen LogP contribution in [0.25, 0.3) is 0 Å². The number of pyridine rings is 1. The monoisotopic (exact) mass is 354 g/mol. The fraction of sp³-hybridized carbons (Fsp3) is 0.143. The Morgan fingerprint density at radius 3 is 2.81 bits per heavy atom. The maximum atomic E-state index is 13.2. The molecule has 0 spiro atoms. The van der Waals surface area contributed by atoms with Gasteiger partial charge in [-0.1, -0.05) is 15.9 Å². The highest BCUT2D eigenvalue weighted by Crippen LogP contribution is 2.15. The van der Waals surface area contributed by atoms with E-state index in [1.165, 1.54) is 30.5 Å². The Morgan fingerprint density at radius 1 is 1.33 bits per heavy atom. The number of nitrogen functional groups attached to an aromatic ring is 1. The SMILES string of the molecule is Nc1ccc(=O)n(CC(=O)OCc2cc(F)cc(Br)c2)c1. The second-order valence-corrected chi connectivity index (χ2v) is 5.28. The second kappa shape index (κ2) is 6.53. The molecule has 2 aromatic rings. The van der Waals surface area contributed by atoms with E-state index in [0.29, 0.717) is 15.7 Å². The Hall–Kier alpha value is -2.15. The van der Waals surface area contributed by atoms with Crippen LogP contribution in [0.2, 0.25) is 0 Å². The average molecular weight is 355 g/mol. The highest BCUT2D eigenvalue weighted by molar-refractivity contribution is 9.10. The van der Waals surface area contributed by atoms with Crippen LogP contribution in [0.15, 0.2) is 45.8 Å². The van der Waals surface area contributed by atoms with Gasteiger partial charge in [0.15, 0.2) is 0 Å². The number of carbonyl (C=O) groups is 1. The van der Waals surface area contributed by atoms with Gasteiger partial charge in [-0.2, -0.15) is 0 Å². The van der Waals surface area contributed by atoms with Crippen LogP contribution < -0.4 is 11.3 Å². The molecule has 0 unspecified atom stereocenters. The van der Waals surface area contributed by atoms with E-state index in [1.807, 2.05) is 0 Å². The Morgan fingerprint density at radius 2 is 2.10 bits per heavy atom. The zero-order valence-corrected chi connectivity index (χ0v) is 12.5. The zero-order chi connectivity index (χ0) is 15.4. The predicted molar refractivity (Wildman–Crippen MR) is 79.0 cm³/mol. The molecule has 2 rings (SSSR count). The lowest BCUT2D eigenvalue weighted by Crippen LogP contribution is -2.24. The fourth-order valence-electron chi connectivity index (χ4n) is 1.72. The van der Waals surface area contributed by atoms with E-state index < -0.39 is 11.8 Å². The summed E-state index contributed by atoms with van der Waals surface area (Å²) >= 11 is 3.15. The molecule has 21 heavy (non-hydrogen) atoms. The van der Waals surface area contributed by atoms with Gasteiger partial charge in [0.1, 0.15) is 19.0 Å². The molecule has 0 aliphatic carbocycles. The first-order chi connectivity index (χ1) is 9.94. The molecule has 0 aliphatic rings. The van der Waals surface area contributed by atoms with Gasteiger partial charge in [-0.3, -0.25) is 9.59 Å². The molecule has 0 atom stereocenters. The van der Waals surface area contributed by atoms with Gasteiger partial charge in [0.2, 0.25) is 0 Å². The lowest BCUT2D eigenvalue weighted by molar-refractivity contribution is -0.145. The molecule has 1 heterocycles. The Balaban J connectivity index is 1.99. The normalized spacial score (nSPS) is 10.4. The number of hydrogen-bond acceptors (Lipinski definition) is 4. The molecule has 0 bridgehead atoms. The molecule has 7 heteroatoms. The summed E-state index contributed by atoms with van der Waals surface area (Å²) in [6.45, 7) is -0.327. The minimum atomic E-state index is -0.608. The van der Waals surface area contributed by atoms with Gasteiger partial charge in [0, 0.05) is 22.4 Å². The molecule has 1 aromatic carbocycles. The fourth-order valence-corrected chi connectivity index (χ4v) is 2.23. The van der Waals surface area contributed by atoms with Crippen LogP contribution in [-0.4, -0.2) is 10.5 Å². The van der Waals surface area contributed by atoms with Crippen LogP contribution in [0, 0.1) is 5.82 Å². The maximum absolute atomic E-state index is 13.2. The van der Waals surface area contributed by atoms with E-state index in [-0.39, 0.29) is 18.7 Å². The number of benzene rings is 1. The average Bonchev–Trinajstić information content (AvgIpc) is 2.40. The second-order valence-electron chi connectivity index (χ2n) is 4.37. The summed E-state index contributed by atoms with van der Waals surface area (Å²) in [6, 6.07) is 6.94. The Labute approximate surface area is 128 Å². The largest absolute Gasteiger partial charge is 0.459 e. The Bertz CT molecular complexity index is 710. The first-order valence-corrected chi connectivity index (χ1v) is 6.80. The van der Waals surface area contributed by atoms with Crippen molar-refractivity contribution in [1.82, 2.24) is 4.57 Å². The Kier molecular flexibility index (Phi) is 4.74. The standard InChI is InChI=1S/C14H12BrFN2O3/c15-10-3-9(4-11(16)5-10)8-21-14(20)7-18-6-12(17)1-2-13(18)19/h1-6H,7-8,17H2. The summed E-state index contributed by atoms with van der Waals surface area (Å²) < 4.78 is 19.9. The third-order valence-electron chi connectivity index (χ3n) is 2.63. The number of nitrogens with two attached hydrogens (primary N) is 1. The lowest BCUT2D eigenvalue weighted by Gasteiger charge is -2.08. The van der Waals surface area contributed by atoms with E-state index in [1.54, 1.807) is 6.07 Å². The topological polar surface area (TPSA) is 74.3 Å². The number of carbonyl (C=O) groups excluding carboxylic acids is 1. The lowest BCUT2D eigenvalue weighted by atomic mass is 10.2. The zero-order valence-electron chi connectivity index (χ0n) is 10.9. The number of esters is 1. The van der Waals surface area contributed by atoms with Gasteiger partial charge in [0.25, 0.3) is 5.56 Å². The summed E-state index contributed by atoms with van der Waals surface area (Å²) in [4.78, 5) is 23.2. The molecule has 0 saturated carbocycles. The van der Waals surface area contributed by atoms with Crippen molar-refractivity contribution in [3.8, 4) is 0 Å². The molecule has 5 nitrogen and oxygen atoms in total. The number of rotatable bonds is 4. The van der Waals surface area contributed by atoms with Gasteiger partial charge < -0.3 is 15.0 Å². The minimum absolute atomic E-state index is 0.0771. The van der Waals surface area contributed by atoms with E-state index in [2.05, 4.69) is 15.9 Å². The number of ether oxygens (including phenoxy) is 1. The van der Waals surface area contributed by atoms with E-state index in [0.717, 1.165) is 4.57 Å². The number of aromatic nitrogens is 1. The third kappa shape index (κ3) is 4.42. The molecule has 0 fully saturated rings. The summed E-state index contributed by atoms with van der Waals surface area (Å²) in [5.74, 6) is -1.04. The van der Waals surface area contributed by atoms with Crippen molar-refractivity contribution in [2.75, 3.05) is 5.73 Å². The molecule has 0 amide bonds.